The summed E-state index contributed by atoms with van der Waals surface area (Å²) in [7, 11) is 0. The Morgan fingerprint density at radius 2 is 2.47 bits per heavy atom. The van der Waals surface area contributed by atoms with Crippen molar-refractivity contribution in [1.29, 1.82) is 0 Å². The van der Waals surface area contributed by atoms with E-state index in [4.69, 9.17) is 10.5 Å². The Kier molecular flexibility index (Phi) is 3.40. The predicted octanol–water partition coefficient (Wildman–Crippen LogP) is 0.377. The Morgan fingerprint density at radius 3 is 3.06 bits per heavy atom. The molecule has 0 spiro atoms. The molecule has 0 bridgehead atoms. The van der Waals surface area contributed by atoms with Crippen LogP contribution in [-0.2, 0) is 9.53 Å². The highest BCUT2D eigenvalue weighted by Crippen LogP contribution is 2.17. The number of carbonyl (C=O) groups excluding carboxylic acids is 1. The quantitative estimate of drug-likeness (QED) is 0.794. The van der Waals surface area contributed by atoms with Gasteiger partial charge in [0.25, 0.3) is 0 Å². The minimum absolute atomic E-state index is 0.148. The van der Waals surface area contributed by atoms with Crippen LogP contribution in [0.15, 0.2) is 24.4 Å². The summed E-state index contributed by atoms with van der Waals surface area (Å²) in [6.45, 7) is 2.72. The lowest BCUT2D eigenvalue weighted by Crippen LogP contribution is -2.55. The van der Waals surface area contributed by atoms with Crippen LogP contribution < -0.4 is 11.1 Å². The Hall–Kier alpha value is -1.46. The van der Waals surface area contributed by atoms with Crippen molar-refractivity contribution < 1.29 is 9.53 Å². The smallest absolute Gasteiger partial charge is 0.243 e. The van der Waals surface area contributed by atoms with Gasteiger partial charge in [0.15, 0.2) is 0 Å². The summed E-state index contributed by atoms with van der Waals surface area (Å²) >= 11 is 0. The van der Waals surface area contributed by atoms with Crippen molar-refractivity contribution in [2.45, 2.75) is 24.9 Å². The Morgan fingerprint density at radius 1 is 1.65 bits per heavy atom. The summed E-state index contributed by atoms with van der Waals surface area (Å²) < 4.78 is 5.17. The molecule has 1 aliphatic heterocycles. The maximum absolute atomic E-state index is 12.0. The third-order valence-corrected chi connectivity index (χ3v) is 2.98. The van der Waals surface area contributed by atoms with Crippen molar-refractivity contribution in [3.63, 3.8) is 0 Å². The molecule has 2 unspecified atom stereocenters. The topological polar surface area (TPSA) is 77.2 Å². The number of rotatable bonds is 3. The van der Waals surface area contributed by atoms with Gasteiger partial charge in [0.2, 0.25) is 5.91 Å². The molecule has 2 heterocycles. The van der Waals surface area contributed by atoms with Crippen LogP contribution in [0, 0.1) is 0 Å². The highest BCUT2D eigenvalue weighted by molar-refractivity contribution is 5.86. The number of carbonyl (C=O) groups is 1. The van der Waals surface area contributed by atoms with Crippen LogP contribution in [0.4, 0.5) is 0 Å². The van der Waals surface area contributed by atoms with E-state index in [1.54, 1.807) is 6.20 Å². The predicted molar refractivity (Wildman–Crippen MR) is 63.1 cm³/mol. The molecule has 1 aromatic heterocycles. The number of nitrogens with two attached hydrogens (primary N) is 1. The average Bonchev–Trinajstić information content (AvgIpc) is 2.78. The molecule has 1 amide bonds. The van der Waals surface area contributed by atoms with Crippen LogP contribution in [0.5, 0.6) is 0 Å². The van der Waals surface area contributed by atoms with Gasteiger partial charge in [-0.15, -0.1) is 0 Å². The summed E-state index contributed by atoms with van der Waals surface area (Å²) in [4.78, 5) is 16.2. The molecule has 5 nitrogen and oxygen atoms in total. The zero-order chi connectivity index (χ0) is 12.3. The van der Waals surface area contributed by atoms with Gasteiger partial charge in [0.05, 0.1) is 18.3 Å². The molecular weight excluding hydrogens is 218 g/mol. The van der Waals surface area contributed by atoms with E-state index in [1.165, 1.54) is 0 Å². The van der Waals surface area contributed by atoms with Crippen molar-refractivity contribution in [1.82, 2.24) is 10.3 Å². The van der Waals surface area contributed by atoms with Crippen molar-refractivity contribution in [2.75, 3.05) is 13.2 Å². The molecule has 92 valence electrons. The van der Waals surface area contributed by atoms with Crippen molar-refractivity contribution in [3.8, 4) is 0 Å². The normalized spacial score (nSPS) is 25.5. The summed E-state index contributed by atoms with van der Waals surface area (Å²) in [5.74, 6) is -0.173. The molecule has 17 heavy (non-hydrogen) atoms. The molecule has 5 heteroatoms. The lowest BCUT2D eigenvalue weighted by molar-refractivity contribution is -0.127. The SMILES string of the molecule is CC(NC(=O)C1(N)CCOC1)c1ccccn1. The standard InChI is InChI=1S/C12H17N3O2/c1-9(10-4-2-3-6-14-10)15-11(16)12(13)5-7-17-8-12/h2-4,6,9H,5,7-8,13H2,1H3,(H,15,16). The Bertz CT molecular complexity index is 388. The first kappa shape index (κ1) is 12.0. The number of aromatic nitrogens is 1. The van der Waals surface area contributed by atoms with E-state index in [-0.39, 0.29) is 18.6 Å². The second-order valence-electron chi connectivity index (χ2n) is 4.41. The molecule has 3 N–H and O–H groups in total. The molecule has 1 fully saturated rings. The molecule has 0 radical (unpaired) electrons. The van der Waals surface area contributed by atoms with Crippen molar-refractivity contribution >= 4 is 5.91 Å². The average molecular weight is 235 g/mol. The third kappa shape index (κ3) is 2.62. The molecule has 0 aliphatic carbocycles. The summed E-state index contributed by atoms with van der Waals surface area (Å²) in [5, 5.41) is 2.87. The first-order valence-corrected chi connectivity index (χ1v) is 5.70. The number of ether oxygens (including phenoxy) is 1. The van der Waals surface area contributed by atoms with E-state index in [2.05, 4.69) is 10.3 Å². The summed E-state index contributed by atoms with van der Waals surface area (Å²) in [6.07, 6.45) is 2.27. The van der Waals surface area contributed by atoms with Gasteiger partial charge in [0, 0.05) is 12.8 Å². The van der Waals surface area contributed by atoms with Gasteiger partial charge in [-0.25, -0.2) is 0 Å². The van der Waals surface area contributed by atoms with Gasteiger partial charge >= 0.3 is 0 Å². The zero-order valence-corrected chi connectivity index (χ0v) is 9.85. The highest BCUT2D eigenvalue weighted by atomic mass is 16.5. The number of nitrogens with zero attached hydrogens (tertiary/aromatic N) is 1. The van der Waals surface area contributed by atoms with Crippen molar-refractivity contribution in [3.05, 3.63) is 30.1 Å². The van der Waals surface area contributed by atoms with Crippen LogP contribution >= 0.6 is 0 Å². The summed E-state index contributed by atoms with van der Waals surface area (Å²) in [6, 6.07) is 5.46. The number of hydrogen-bond acceptors (Lipinski definition) is 4. The fraction of sp³-hybridized carbons (Fsp3) is 0.500. The second kappa shape index (κ2) is 4.81. The van der Waals surface area contributed by atoms with E-state index in [9.17, 15) is 4.79 Å². The lowest BCUT2D eigenvalue weighted by Gasteiger charge is -2.23. The fourth-order valence-corrected chi connectivity index (χ4v) is 1.81. The van der Waals surface area contributed by atoms with E-state index < -0.39 is 5.54 Å². The second-order valence-corrected chi connectivity index (χ2v) is 4.41. The van der Waals surface area contributed by atoms with Gasteiger partial charge in [-0.2, -0.15) is 0 Å². The third-order valence-electron chi connectivity index (χ3n) is 2.98. The monoisotopic (exact) mass is 235 g/mol. The van der Waals surface area contributed by atoms with Gasteiger partial charge < -0.3 is 15.8 Å². The molecule has 1 aromatic rings. The van der Waals surface area contributed by atoms with Crippen LogP contribution in [0.3, 0.4) is 0 Å². The molecule has 1 aliphatic rings. The van der Waals surface area contributed by atoms with Crippen LogP contribution in [0.2, 0.25) is 0 Å². The fourth-order valence-electron chi connectivity index (χ4n) is 1.81. The molecular formula is C12H17N3O2. The molecule has 0 saturated carbocycles. The number of hydrogen-bond donors (Lipinski definition) is 2. The Balaban J connectivity index is 1.99. The molecule has 2 atom stereocenters. The van der Waals surface area contributed by atoms with Crippen molar-refractivity contribution in [2.24, 2.45) is 5.73 Å². The van der Waals surface area contributed by atoms with Crippen LogP contribution in [0.25, 0.3) is 0 Å². The van der Waals surface area contributed by atoms with E-state index >= 15 is 0 Å². The lowest BCUT2D eigenvalue weighted by atomic mass is 9.98. The minimum Gasteiger partial charge on any atom is -0.379 e. The van der Waals surface area contributed by atoms with Gasteiger partial charge in [-0.05, 0) is 25.5 Å². The van der Waals surface area contributed by atoms with Gasteiger partial charge in [-0.1, -0.05) is 6.07 Å². The molecule has 2 rings (SSSR count). The first-order valence-electron chi connectivity index (χ1n) is 5.70. The van der Waals surface area contributed by atoms with Gasteiger partial charge in [0.1, 0.15) is 5.54 Å². The molecule has 1 saturated heterocycles. The highest BCUT2D eigenvalue weighted by Gasteiger charge is 2.38. The van der Waals surface area contributed by atoms with Crippen LogP contribution in [0.1, 0.15) is 25.1 Å². The number of pyridine rings is 1. The van der Waals surface area contributed by atoms with E-state index in [0.717, 1.165) is 5.69 Å². The maximum atomic E-state index is 12.0. The molecule has 0 aromatic carbocycles. The van der Waals surface area contributed by atoms with Crippen LogP contribution in [-0.4, -0.2) is 29.6 Å². The largest absolute Gasteiger partial charge is 0.379 e. The Labute approximate surface area is 100 Å². The summed E-state index contributed by atoms with van der Waals surface area (Å²) in [5.41, 5.74) is 5.91. The zero-order valence-electron chi connectivity index (χ0n) is 9.85. The van der Waals surface area contributed by atoms with E-state index in [1.807, 2.05) is 25.1 Å². The maximum Gasteiger partial charge on any atom is 0.243 e. The van der Waals surface area contributed by atoms with Gasteiger partial charge in [-0.3, -0.25) is 9.78 Å². The minimum atomic E-state index is -0.886. The number of nitrogens with one attached hydrogen (secondary N) is 1. The number of amides is 1. The van der Waals surface area contributed by atoms with E-state index in [0.29, 0.717) is 13.0 Å². The first-order chi connectivity index (χ1) is 8.12.